The average molecular weight is 263 g/mol. The summed E-state index contributed by atoms with van der Waals surface area (Å²) in [5, 5.41) is 9.70. The van der Waals surface area contributed by atoms with Gasteiger partial charge in [0.15, 0.2) is 0 Å². The lowest BCUT2D eigenvalue weighted by Crippen LogP contribution is -2.35. The maximum absolute atomic E-state index is 9.70. The van der Waals surface area contributed by atoms with Gasteiger partial charge < -0.3 is 14.6 Å². The summed E-state index contributed by atoms with van der Waals surface area (Å²) in [5.41, 5.74) is 1.23. The Balaban J connectivity index is 1.64. The molecule has 0 aliphatic carbocycles. The number of aliphatic hydroxyl groups is 1. The number of aromatic nitrogens is 2. The van der Waals surface area contributed by atoms with Gasteiger partial charge in [-0.2, -0.15) is 0 Å². The number of nitrogens with zero attached hydrogens (tertiary/aromatic N) is 3. The smallest absolute Gasteiger partial charge is 0.109 e. The molecule has 2 aliphatic heterocycles. The fourth-order valence-electron chi connectivity index (χ4n) is 3.48. The van der Waals surface area contributed by atoms with Crippen LogP contribution >= 0.6 is 0 Å². The van der Waals surface area contributed by atoms with Crippen molar-refractivity contribution in [2.75, 3.05) is 19.6 Å². The fourth-order valence-corrected chi connectivity index (χ4v) is 3.48. The van der Waals surface area contributed by atoms with E-state index < -0.39 is 0 Å². The molecule has 2 aliphatic rings. The summed E-state index contributed by atoms with van der Waals surface area (Å²) in [6.45, 7) is 6.63. The molecule has 1 aromatic heterocycles. The standard InChI is InChI=1S/C15H25N3O/c1-2-17-7-3-4-12(9-17)8-13-10-18-11-14(19)5-6-15(18)16-13/h10,12,14,19H,2-9,11H2,1H3. The van der Waals surface area contributed by atoms with E-state index in [0.29, 0.717) is 0 Å². The normalized spacial score (nSPS) is 28.3. The van der Waals surface area contributed by atoms with E-state index in [0.717, 1.165) is 31.7 Å². The maximum atomic E-state index is 9.70. The molecule has 2 atom stereocenters. The van der Waals surface area contributed by atoms with Gasteiger partial charge in [0.05, 0.1) is 11.8 Å². The highest BCUT2D eigenvalue weighted by molar-refractivity contribution is 5.08. The lowest BCUT2D eigenvalue weighted by Gasteiger charge is -2.31. The van der Waals surface area contributed by atoms with Crippen molar-refractivity contribution in [1.82, 2.24) is 14.5 Å². The molecular weight excluding hydrogens is 238 g/mol. The number of piperidine rings is 1. The van der Waals surface area contributed by atoms with Crippen LogP contribution in [0.1, 0.15) is 37.7 Å². The van der Waals surface area contributed by atoms with E-state index in [1.165, 1.54) is 44.0 Å². The van der Waals surface area contributed by atoms with Gasteiger partial charge in [-0.3, -0.25) is 0 Å². The van der Waals surface area contributed by atoms with Gasteiger partial charge in [0.2, 0.25) is 0 Å². The van der Waals surface area contributed by atoms with Crippen LogP contribution in [-0.4, -0.2) is 45.3 Å². The quantitative estimate of drug-likeness (QED) is 0.898. The molecule has 1 aromatic rings. The minimum Gasteiger partial charge on any atom is -0.391 e. The van der Waals surface area contributed by atoms with Crippen molar-refractivity contribution in [3.05, 3.63) is 17.7 Å². The van der Waals surface area contributed by atoms with Crippen molar-refractivity contribution < 1.29 is 5.11 Å². The van der Waals surface area contributed by atoms with Crippen LogP contribution in [0.25, 0.3) is 0 Å². The van der Waals surface area contributed by atoms with Crippen LogP contribution in [0.4, 0.5) is 0 Å². The average Bonchev–Trinajstić information content (AvgIpc) is 2.80. The third-order valence-electron chi connectivity index (χ3n) is 4.57. The number of hydrogen-bond acceptors (Lipinski definition) is 3. The number of fused-ring (bicyclic) bond motifs is 1. The van der Waals surface area contributed by atoms with Gasteiger partial charge in [0, 0.05) is 25.7 Å². The minimum atomic E-state index is -0.181. The Hall–Kier alpha value is -0.870. The molecule has 2 unspecified atom stereocenters. The van der Waals surface area contributed by atoms with E-state index in [1.807, 2.05) is 0 Å². The zero-order valence-electron chi connectivity index (χ0n) is 11.9. The lowest BCUT2D eigenvalue weighted by atomic mass is 9.94. The van der Waals surface area contributed by atoms with E-state index in [1.54, 1.807) is 0 Å². The summed E-state index contributed by atoms with van der Waals surface area (Å²) < 4.78 is 2.16. The monoisotopic (exact) mass is 263 g/mol. The minimum absolute atomic E-state index is 0.181. The first kappa shape index (κ1) is 13.1. The van der Waals surface area contributed by atoms with Gasteiger partial charge in [-0.1, -0.05) is 6.92 Å². The van der Waals surface area contributed by atoms with Crippen LogP contribution in [0.2, 0.25) is 0 Å². The lowest BCUT2D eigenvalue weighted by molar-refractivity contribution is 0.130. The molecule has 0 spiro atoms. The molecule has 0 saturated carbocycles. The topological polar surface area (TPSA) is 41.3 Å². The summed E-state index contributed by atoms with van der Waals surface area (Å²) in [6.07, 6.45) is 7.54. The summed E-state index contributed by atoms with van der Waals surface area (Å²) in [4.78, 5) is 7.31. The van der Waals surface area contributed by atoms with E-state index in [9.17, 15) is 5.11 Å². The summed E-state index contributed by atoms with van der Waals surface area (Å²) in [7, 11) is 0. The highest BCUT2D eigenvalue weighted by Crippen LogP contribution is 2.22. The molecule has 1 N–H and O–H groups in total. The van der Waals surface area contributed by atoms with Crippen molar-refractivity contribution >= 4 is 0 Å². The van der Waals surface area contributed by atoms with Crippen molar-refractivity contribution in [1.29, 1.82) is 0 Å². The number of imidazole rings is 1. The van der Waals surface area contributed by atoms with Crippen molar-refractivity contribution in [3.63, 3.8) is 0 Å². The van der Waals surface area contributed by atoms with Crippen LogP contribution in [0, 0.1) is 5.92 Å². The second-order valence-corrected chi connectivity index (χ2v) is 6.10. The van der Waals surface area contributed by atoms with Gasteiger partial charge in [-0.15, -0.1) is 0 Å². The van der Waals surface area contributed by atoms with E-state index in [-0.39, 0.29) is 6.10 Å². The number of rotatable bonds is 3. The van der Waals surface area contributed by atoms with Gasteiger partial charge in [-0.25, -0.2) is 4.98 Å². The van der Waals surface area contributed by atoms with Gasteiger partial charge in [-0.05, 0) is 44.7 Å². The number of aryl methyl sites for hydroxylation is 1. The molecule has 1 saturated heterocycles. The number of likely N-dealkylation sites (tertiary alicyclic amines) is 1. The van der Waals surface area contributed by atoms with E-state index in [2.05, 4.69) is 22.6 Å². The van der Waals surface area contributed by atoms with E-state index >= 15 is 0 Å². The van der Waals surface area contributed by atoms with Crippen LogP contribution < -0.4 is 0 Å². The predicted molar refractivity (Wildman–Crippen MR) is 75.1 cm³/mol. The van der Waals surface area contributed by atoms with Crippen LogP contribution in [0.5, 0.6) is 0 Å². The number of aliphatic hydroxyl groups excluding tert-OH is 1. The Morgan fingerprint density at radius 1 is 1.37 bits per heavy atom. The second kappa shape index (κ2) is 5.63. The summed E-state index contributed by atoms with van der Waals surface area (Å²) >= 11 is 0. The molecule has 0 amide bonds. The first-order valence-electron chi connectivity index (χ1n) is 7.70. The Bertz CT molecular complexity index is 429. The first-order chi connectivity index (χ1) is 9.24. The molecular formula is C15H25N3O. The molecule has 0 aromatic carbocycles. The highest BCUT2D eigenvalue weighted by Gasteiger charge is 2.22. The molecule has 3 rings (SSSR count). The fraction of sp³-hybridized carbons (Fsp3) is 0.800. The molecule has 106 valence electrons. The summed E-state index contributed by atoms with van der Waals surface area (Å²) in [5.74, 6) is 1.93. The third-order valence-corrected chi connectivity index (χ3v) is 4.57. The zero-order chi connectivity index (χ0) is 13.2. The van der Waals surface area contributed by atoms with Crippen LogP contribution in [0.3, 0.4) is 0 Å². The molecule has 0 bridgehead atoms. The van der Waals surface area contributed by atoms with E-state index in [4.69, 9.17) is 4.98 Å². The molecule has 4 nitrogen and oxygen atoms in total. The number of hydrogen-bond donors (Lipinski definition) is 1. The SMILES string of the molecule is CCN1CCCC(Cc2cn3c(n2)CCC(O)C3)C1. The first-order valence-corrected chi connectivity index (χ1v) is 7.70. The van der Waals surface area contributed by atoms with Crippen molar-refractivity contribution in [2.45, 2.75) is 51.7 Å². The van der Waals surface area contributed by atoms with Gasteiger partial charge in [0.1, 0.15) is 5.82 Å². The molecule has 3 heterocycles. The Labute approximate surface area is 115 Å². The van der Waals surface area contributed by atoms with Gasteiger partial charge >= 0.3 is 0 Å². The molecule has 0 radical (unpaired) electrons. The third kappa shape index (κ3) is 3.00. The Morgan fingerprint density at radius 2 is 2.26 bits per heavy atom. The molecule has 4 heteroatoms. The second-order valence-electron chi connectivity index (χ2n) is 6.10. The van der Waals surface area contributed by atoms with Crippen molar-refractivity contribution in [2.24, 2.45) is 5.92 Å². The molecule has 1 fully saturated rings. The predicted octanol–water partition coefficient (Wildman–Crippen LogP) is 1.46. The van der Waals surface area contributed by atoms with Crippen molar-refractivity contribution in [3.8, 4) is 0 Å². The highest BCUT2D eigenvalue weighted by atomic mass is 16.3. The van der Waals surface area contributed by atoms with Crippen LogP contribution in [-0.2, 0) is 19.4 Å². The van der Waals surface area contributed by atoms with Crippen LogP contribution in [0.15, 0.2) is 6.20 Å². The Morgan fingerprint density at radius 3 is 3.11 bits per heavy atom. The maximum Gasteiger partial charge on any atom is 0.109 e. The zero-order valence-corrected chi connectivity index (χ0v) is 11.9. The van der Waals surface area contributed by atoms with Gasteiger partial charge in [0.25, 0.3) is 0 Å². The summed E-state index contributed by atoms with van der Waals surface area (Å²) in [6, 6.07) is 0. The Kier molecular flexibility index (Phi) is 3.89. The largest absolute Gasteiger partial charge is 0.391 e. The molecule has 19 heavy (non-hydrogen) atoms.